The number of hydrazine groups is 1. The average molecular weight is 266 g/mol. The summed E-state index contributed by atoms with van der Waals surface area (Å²) < 4.78 is 4.74. The van der Waals surface area contributed by atoms with Gasteiger partial charge in [0, 0.05) is 5.56 Å². The van der Waals surface area contributed by atoms with Crippen LogP contribution in [0.2, 0.25) is 0 Å². The van der Waals surface area contributed by atoms with E-state index in [9.17, 15) is 14.4 Å². The maximum Gasteiger partial charge on any atom is 0.332 e. The highest BCUT2D eigenvalue weighted by atomic mass is 16.5. The number of carbonyl (C=O) groups is 3. The Morgan fingerprint density at radius 2 is 1.84 bits per heavy atom. The maximum absolute atomic E-state index is 11.5. The van der Waals surface area contributed by atoms with E-state index in [1.165, 1.54) is 6.92 Å². The summed E-state index contributed by atoms with van der Waals surface area (Å²) >= 11 is 0. The Balaban J connectivity index is 2.31. The van der Waals surface area contributed by atoms with Gasteiger partial charge in [0.05, 0.1) is 0 Å². The van der Waals surface area contributed by atoms with Gasteiger partial charge in [-0.2, -0.15) is 0 Å². The van der Waals surface area contributed by atoms with Crippen LogP contribution in [-0.4, -0.2) is 35.6 Å². The highest BCUT2D eigenvalue weighted by Gasteiger charge is 2.13. The van der Waals surface area contributed by atoms with Crippen molar-refractivity contribution in [1.82, 2.24) is 10.9 Å². The molecule has 0 unspecified atom stereocenters. The minimum absolute atomic E-state index is 0.391. The average Bonchev–Trinajstić information content (AvgIpc) is 2.42. The van der Waals surface area contributed by atoms with Gasteiger partial charge in [-0.1, -0.05) is 18.2 Å². The lowest BCUT2D eigenvalue weighted by Crippen LogP contribution is -2.44. The second kappa shape index (κ2) is 7.12. The van der Waals surface area contributed by atoms with E-state index >= 15 is 0 Å². The molecular weight excluding hydrogens is 252 g/mol. The zero-order valence-electron chi connectivity index (χ0n) is 10.3. The Kier molecular flexibility index (Phi) is 5.49. The number of rotatable bonds is 5. The van der Waals surface area contributed by atoms with Crippen molar-refractivity contribution in [3.05, 3.63) is 35.9 Å². The molecule has 102 valence electrons. The third-order valence-corrected chi connectivity index (χ3v) is 2.16. The first kappa shape index (κ1) is 14.7. The summed E-state index contributed by atoms with van der Waals surface area (Å²) in [6.45, 7) is 0.848. The molecule has 0 radical (unpaired) electrons. The van der Waals surface area contributed by atoms with Gasteiger partial charge in [0.1, 0.15) is 6.61 Å². The lowest BCUT2D eigenvalue weighted by Gasteiger charge is -2.09. The Bertz CT molecular complexity index is 460. The summed E-state index contributed by atoms with van der Waals surface area (Å²) in [4.78, 5) is 33.2. The van der Waals surface area contributed by atoms with Crippen LogP contribution < -0.4 is 10.9 Å². The zero-order valence-corrected chi connectivity index (χ0v) is 10.3. The van der Waals surface area contributed by atoms with Crippen LogP contribution in [0.15, 0.2) is 30.3 Å². The molecule has 2 amide bonds. The van der Waals surface area contributed by atoms with Crippen LogP contribution in [0.25, 0.3) is 0 Å². The molecule has 1 aromatic rings. The maximum atomic E-state index is 11.5. The van der Waals surface area contributed by atoms with E-state index in [0.717, 1.165) is 0 Å². The molecule has 0 aromatic heterocycles. The Labute approximate surface area is 109 Å². The van der Waals surface area contributed by atoms with Crippen LogP contribution in [-0.2, 0) is 14.3 Å². The smallest absolute Gasteiger partial charge is 0.332 e. The molecule has 0 aliphatic rings. The fraction of sp³-hybridized carbons (Fsp3) is 0.250. The molecule has 1 atom stereocenters. The van der Waals surface area contributed by atoms with Crippen molar-refractivity contribution in [2.24, 2.45) is 0 Å². The van der Waals surface area contributed by atoms with Crippen LogP contribution in [0, 0.1) is 0 Å². The molecule has 0 spiro atoms. The molecule has 1 aromatic carbocycles. The lowest BCUT2D eigenvalue weighted by molar-refractivity contribution is -0.150. The van der Waals surface area contributed by atoms with Gasteiger partial charge >= 0.3 is 5.97 Å². The molecule has 3 N–H and O–H groups in total. The predicted molar refractivity (Wildman–Crippen MR) is 65.1 cm³/mol. The second-order valence-corrected chi connectivity index (χ2v) is 3.66. The first-order chi connectivity index (χ1) is 9.00. The Morgan fingerprint density at radius 1 is 1.21 bits per heavy atom. The summed E-state index contributed by atoms with van der Waals surface area (Å²) in [6, 6.07) is 8.31. The Morgan fingerprint density at radius 3 is 2.42 bits per heavy atom. The molecule has 0 aliphatic heterocycles. The summed E-state index contributed by atoms with van der Waals surface area (Å²) in [5.74, 6) is -2.28. The van der Waals surface area contributed by atoms with E-state index in [2.05, 4.69) is 10.9 Å². The molecule has 0 fully saturated rings. The molecule has 7 nitrogen and oxygen atoms in total. The van der Waals surface area contributed by atoms with Gasteiger partial charge in [-0.3, -0.25) is 20.4 Å². The molecule has 0 heterocycles. The normalized spacial score (nSPS) is 11.4. The summed E-state index contributed by atoms with van der Waals surface area (Å²) in [6.07, 6.45) is -1.09. The van der Waals surface area contributed by atoms with Crippen molar-refractivity contribution in [3.63, 3.8) is 0 Å². The van der Waals surface area contributed by atoms with E-state index < -0.39 is 30.5 Å². The fourth-order valence-electron chi connectivity index (χ4n) is 1.10. The lowest BCUT2D eigenvalue weighted by atomic mass is 10.2. The van der Waals surface area contributed by atoms with E-state index in [1.54, 1.807) is 30.3 Å². The van der Waals surface area contributed by atoms with Crippen molar-refractivity contribution in [1.29, 1.82) is 0 Å². The van der Waals surface area contributed by atoms with Crippen LogP contribution >= 0.6 is 0 Å². The summed E-state index contributed by atoms with van der Waals surface area (Å²) in [5.41, 5.74) is 4.70. The molecule has 0 saturated carbocycles. The third kappa shape index (κ3) is 5.17. The van der Waals surface area contributed by atoms with Crippen molar-refractivity contribution in [3.8, 4) is 0 Å². The van der Waals surface area contributed by atoms with Gasteiger partial charge < -0.3 is 9.84 Å². The number of ether oxygens (including phenoxy) is 1. The van der Waals surface area contributed by atoms with E-state index in [4.69, 9.17) is 9.84 Å². The van der Waals surface area contributed by atoms with Crippen molar-refractivity contribution >= 4 is 17.8 Å². The number of carbonyl (C=O) groups excluding carboxylic acids is 2. The van der Waals surface area contributed by atoms with E-state index in [-0.39, 0.29) is 0 Å². The van der Waals surface area contributed by atoms with Crippen molar-refractivity contribution < 1.29 is 24.2 Å². The fourth-order valence-corrected chi connectivity index (χ4v) is 1.10. The number of carboxylic acids is 1. The largest absolute Gasteiger partial charge is 0.479 e. The van der Waals surface area contributed by atoms with Crippen LogP contribution in [0.3, 0.4) is 0 Å². The number of aliphatic carboxylic acids is 1. The van der Waals surface area contributed by atoms with Crippen LogP contribution in [0.4, 0.5) is 0 Å². The highest BCUT2D eigenvalue weighted by Crippen LogP contribution is 1.96. The van der Waals surface area contributed by atoms with Crippen LogP contribution in [0.1, 0.15) is 17.3 Å². The SMILES string of the molecule is C[C@@H](OCC(=O)NNC(=O)c1ccccc1)C(=O)O. The number of hydrogen-bond donors (Lipinski definition) is 3. The zero-order chi connectivity index (χ0) is 14.3. The third-order valence-electron chi connectivity index (χ3n) is 2.16. The molecule has 0 bridgehead atoms. The first-order valence-electron chi connectivity index (χ1n) is 5.49. The minimum atomic E-state index is -1.17. The quantitative estimate of drug-likeness (QED) is 0.647. The van der Waals surface area contributed by atoms with Gasteiger partial charge in [0.2, 0.25) is 0 Å². The number of carboxylic acid groups (broad SMARTS) is 1. The Hall–Kier alpha value is -2.41. The van der Waals surface area contributed by atoms with E-state index in [0.29, 0.717) is 5.56 Å². The van der Waals surface area contributed by atoms with Crippen molar-refractivity contribution in [2.45, 2.75) is 13.0 Å². The molecule has 1 rings (SSSR count). The van der Waals surface area contributed by atoms with Crippen molar-refractivity contribution in [2.75, 3.05) is 6.61 Å². The van der Waals surface area contributed by atoms with Gasteiger partial charge in [0.25, 0.3) is 11.8 Å². The van der Waals surface area contributed by atoms with Gasteiger partial charge in [-0.15, -0.1) is 0 Å². The van der Waals surface area contributed by atoms with Crippen LogP contribution in [0.5, 0.6) is 0 Å². The van der Waals surface area contributed by atoms with Gasteiger partial charge in [0.15, 0.2) is 6.10 Å². The number of nitrogens with one attached hydrogen (secondary N) is 2. The highest BCUT2D eigenvalue weighted by molar-refractivity contribution is 5.95. The first-order valence-corrected chi connectivity index (χ1v) is 5.49. The van der Waals surface area contributed by atoms with Gasteiger partial charge in [-0.05, 0) is 19.1 Å². The summed E-state index contributed by atoms with van der Waals surface area (Å²) in [7, 11) is 0. The molecule has 0 saturated heterocycles. The molecular formula is C12H14N2O5. The predicted octanol–water partition coefficient (Wildman–Crippen LogP) is -0.0627. The molecule has 7 heteroatoms. The standard InChI is InChI=1S/C12H14N2O5/c1-8(12(17)18)19-7-10(15)13-14-11(16)9-5-3-2-4-6-9/h2-6,8H,7H2,1H3,(H,13,15)(H,14,16)(H,17,18)/t8-/m1/s1. The van der Waals surface area contributed by atoms with Gasteiger partial charge in [-0.25, -0.2) is 4.79 Å². The second-order valence-electron chi connectivity index (χ2n) is 3.66. The summed E-state index contributed by atoms with van der Waals surface area (Å²) in [5, 5.41) is 8.54. The molecule has 0 aliphatic carbocycles. The number of benzene rings is 1. The molecule has 19 heavy (non-hydrogen) atoms. The monoisotopic (exact) mass is 266 g/mol. The topological polar surface area (TPSA) is 105 Å². The van der Waals surface area contributed by atoms with E-state index in [1.807, 2.05) is 0 Å². The number of amides is 2. The minimum Gasteiger partial charge on any atom is -0.479 e. The number of hydrogen-bond acceptors (Lipinski definition) is 4.